The van der Waals surface area contributed by atoms with Crippen molar-refractivity contribution in [1.29, 1.82) is 0 Å². The second-order valence-electron chi connectivity index (χ2n) is 5.83. The van der Waals surface area contributed by atoms with E-state index >= 15 is 0 Å². The summed E-state index contributed by atoms with van der Waals surface area (Å²) in [6.07, 6.45) is 2.31. The first-order chi connectivity index (χ1) is 10.9. The molecule has 0 spiro atoms. The summed E-state index contributed by atoms with van der Waals surface area (Å²) >= 11 is 0. The molecule has 2 atom stereocenters. The molecule has 0 unspecified atom stereocenters. The van der Waals surface area contributed by atoms with Crippen molar-refractivity contribution in [1.82, 2.24) is 5.32 Å². The molecule has 6 heteroatoms. The van der Waals surface area contributed by atoms with Crippen molar-refractivity contribution in [3.05, 3.63) is 29.3 Å². The Hall–Kier alpha value is -2.37. The summed E-state index contributed by atoms with van der Waals surface area (Å²) in [7, 11) is 0. The van der Waals surface area contributed by atoms with E-state index in [0.29, 0.717) is 5.69 Å². The molecule has 0 bridgehead atoms. The number of nitrogens with one attached hydrogen (secondary N) is 2. The molecule has 1 aromatic rings. The summed E-state index contributed by atoms with van der Waals surface area (Å²) in [6, 6.07) is 5.06. The number of fused-ring (bicyclic) bond motifs is 1. The van der Waals surface area contributed by atoms with Gasteiger partial charge in [0.25, 0.3) is 5.91 Å². The Balaban J connectivity index is 1.90. The van der Waals surface area contributed by atoms with Gasteiger partial charge in [-0.05, 0) is 56.4 Å². The maximum Gasteiger partial charge on any atom is 0.329 e. The van der Waals surface area contributed by atoms with Crippen LogP contribution in [0, 0.1) is 0 Å². The molecule has 1 aliphatic rings. The van der Waals surface area contributed by atoms with Crippen LogP contribution in [0.4, 0.5) is 5.69 Å². The number of ether oxygens (including phenoxy) is 1. The average Bonchev–Trinajstić information content (AvgIpc) is 2.93. The standard InChI is InChI=1S/C17H22N2O4/c1-10(18-12(3)20)17(22)23-11(2)16(21)19-15-8-7-13-5-4-6-14(13)9-15/h7-11H,4-6H2,1-3H3,(H,18,20)(H,19,21)/t10-,11+/m0/s1. The zero-order chi connectivity index (χ0) is 17.0. The van der Waals surface area contributed by atoms with Crippen LogP contribution in [-0.4, -0.2) is 29.9 Å². The van der Waals surface area contributed by atoms with Crippen LogP contribution in [0.15, 0.2) is 18.2 Å². The van der Waals surface area contributed by atoms with E-state index in [1.54, 1.807) is 0 Å². The average molecular weight is 318 g/mol. The number of benzene rings is 1. The highest BCUT2D eigenvalue weighted by Gasteiger charge is 2.22. The van der Waals surface area contributed by atoms with Gasteiger partial charge in [0.05, 0.1) is 0 Å². The van der Waals surface area contributed by atoms with Crippen molar-refractivity contribution in [3.8, 4) is 0 Å². The first-order valence-electron chi connectivity index (χ1n) is 7.77. The van der Waals surface area contributed by atoms with Gasteiger partial charge in [-0.25, -0.2) is 4.79 Å². The first kappa shape index (κ1) is 17.0. The first-order valence-corrected chi connectivity index (χ1v) is 7.77. The fraction of sp³-hybridized carbons (Fsp3) is 0.471. The highest BCUT2D eigenvalue weighted by atomic mass is 16.5. The number of hydrogen-bond acceptors (Lipinski definition) is 4. The molecule has 0 radical (unpaired) electrons. The maximum atomic E-state index is 12.1. The quantitative estimate of drug-likeness (QED) is 0.807. The van der Waals surface area contributed by atoms with E-state index in [-0.39, 0.29) is 5.91 Å². The topological polar surface area (TPSA) is 84.5 Å². The normalized spacial score (nSPS) is 15.3. The van der Waals surface area contributed by atoms with Crippen molar-refractivity contribution in [2.24, 2.45) is 0 Å². The van der Waals surface area contributed by atoms with Gasteiger partial charge < -0.3 is 15.4 Å². The summed E-state index contributed by atoms with van der Waals surface area (Å²) < 4.78 is 5.07. The van der Waals surface area contributed by atoms with E-state index < -0.39 is 24.0 Å². The van der Waals surface area contributed by atoms with E-state index in [1.165, 1.54) is 31.9 Å². The lowest BCUT2D eigenvalue weighted by atomic mass is 10.1. The summed E-state index contributed by atoms with van der Waals surface area (Å²) in [5.74, 6) is -1.37. The Morgan fingerprint density at radius 3 is 2.52 bits per heavy atom. The summed E-state index contributed by atoms with van der Waals surface area (Å²) in [5, 5.41) is 5.17. The molecule has 23 heavy (non-hydrogen) atoms. The highest BCUT2D eigenvalue weighted by molar-refractivity contribution is 5.95. The SMILES string of the molecule is CC(=O)N[C@@H](C)C(=O)O[C@H](C)C(=O)Nc1ccc2c(c1)CCC2. The van der Waals surface area contributed by atoms with Crippen LogP contribution in [0.25, 0.3) is 0 Å². The summed E-state index contributed by atoms with van der Waals surface area (Å²) in [4.78, 5) is 34.8. The van der Waals surface area contributed by atoms with Crippen LogP contribution in [0.1, 0.15) is 38.3 Å². The molecule has 0 aliphatic heterocycles. The number of esters is 1. The molecule has 1 aliphatic carbocycles. The lowest BCUT2D eigenvalue weighted by Crippen LogP contribution is -2.41. The van der Waals surface area contributed by atoms with Crippen LogP contribution < -0.4 is 10.6 Å². The predicted octanol–water partition coefficient (Wildman–Crippen LogP) is 1.57. The molecule has 0 aromatic heterocycles. The lowest BCUT2D eigenvalue weighted by Gasteiger charge is -2.17. The number of aryl methyl sites for hydroxylation is 2. The molecule has 2 amide bonds. The molecule has 2 N–H and O–H groups in total. The van der Waals surface area contributed by atoms with Crippen LogP contribution in [0.5, 0.6) is 0 Å². The second kappa shape index (κ2) is 7.26. The van der Waals surface area contributed by atoms with Crippen molar-refractivity contribution in [2.75, 3.05) is 5.32 Å². The molecule has 0 saturated heterocycles. The van der Waals surface area contributed by atoms with Crippen LogP contribution in [-0.2, 0) is 32.0 Å². The van der Waals surface area contributed by atoms with Crippen LogP contribution in [0.3, 0.4) is 0 Å². The zero-order valence-electron chi connectivity index (χ0n) is 13.6. The molecule has 6 nitrogen and oxygen atoms in total. The molecule has 2 rings (SSSR count). The van der Waals surface area contributed by atoms with Crippen molar-refractivity contribution < 1.29 is 19.1 Å². The fourth-order valence-corrected chi connectivity index (χ4v) is 2.59. The summed E-state index contributed by atoms with van der Waals surface area (Å²) in [6.45, 7) is 4.32. The van der Waals surface area contributed by atoms with Gasteiger partial charge in [-0.15, -0.1) is 0 Å². The Labute approximate surface area is 135 Å². The van der Waals surface area contributed by atoms with Gasteiger partial charge in [-0.3, -0.25) is 9.59 Å². The zero-order valence-corrected chi connectivity index (χ0v) is 13.6. The van der Waals surface area contributed by atoms with E-state index in [9.17, 15) is 14.4 Å². The minimum Gasteiger partial charge on any atom is -0.451 e. The second-order valence-corrected chi connectivity index (χ2v) is 5.83. The van der Waals surface area contributed by atoms with Gasteiger partial charge >= 0.3 is 5.97 Å². The maximum absolute atomic E-state index is 12.1. The molecule has 0 heterocycles. The van der Waals surface area contributed by atoms with Gasteiger partial charge in [0.2, 0.25) is 5.91 Å². The monoisotopic (exact) mass is 318 g/mol. The third-order valence-corrected chi connectivity index (χ3v) is 3.80. The molecular formula is C17H22N2O4. The minimum atomic E-state index is -0.938. The fourth-order valence-electron chi connectivity index (χ4n) is 2.59. The van der Waals surface area contributed by atoms with Crippen molar-refractivity contribution >= 4 is 23.5 Å². The van der Waals surface area contributed by atoms with Crippen LogP contribution >= 0.6 is 0 Å². The van der Waals surface area contributed by atoms with Crippen molar-refractivity contribution in [2.45, 2.75) is 52.2 Å². The third kappa shape index (κ3) is 4.55. The van der Waals surface area contributed by atoms with Gasteiger partial charge in [-0.1, -0.05) is 6.07 Å². The number of carbonyl (C=O) groups excluding carboxylic acids is 3. The smallest absolute Gasteiger partial charge is 0.329 e. The lowest BCUT2D eigenvalue weighted by molar-refractivity contribution is -0.155. The van der Waals surface area contributed by atoms with E-state index in [1.807, 2.05) is 18.2 Å². The van der Waals surface area contributed by atoms with Gasteiger partial charge in [0.1, 0.15) is 6.04 Å². The van der Waals surface area contributed by atoms with Gasteiger partial charge in [-0.2, -0.15) is 0 Å². The molecule has 124 valence electrons. The number of anilines is 1. The van der Waals surface area contributed by atoms with Gasteiger partial charge in [0.15, 0.2) is 6.10 Å². The molecular weight excluding hydrogens is 296 g/mol. The van der Waals surface area contributed by atoms with E-state index in [4.69, 9.17) is 4.74 Å². The number of carbonyl (C=O) groups is 3. The Bertz CT molecular complexity index is 627. The number of hydrogen-bond donors (Lipinski definition) is 2. The highest BCUT2D eigenvalue weighted by Crippen LogP contribution is 2.24. The minimum absolute atomic E-state index is 0.329. The Morgan fingerprint density at radius 2 is 1.83 bits per heavy atom. The molecule has 0 fully saturated rings. The summed E-state index contributed by atoms with van der Waals surface area (Å²) in [5.41, 5.74) is 3.28. The number of rotatable bonds is 5. The Kier molecular flexibility index (Phi) is 5.36. The largest absolute Gasteiger partial charge is 0.451 e. The van der Waals surface area contributed by atoms with Crippen LogP contribution in [0.2, 0.25) is 0 Å². The number of amides is 2. The van der Waals surface area contributed by atoms with Crippen molar-refractivity contribution in [3.63, 3.8) is 0 Å². The van der Waals surface area contributed by atoms with E-state index in [2.05, 4.69) is 10.6 Å². The predicted molar refractivity (Wildman–Crippen MR) is 85.9 cm³/mol. The molecule has 0 saturated carbocycles. The third-order valence-electron chi connectivity index (χ3n) is 3.80. The Morgan fingerprint density at radius 1 is 1.13 bits per heavy atom. The molecule has 1 aromatic carbocycles. The van der Waals surface area contributed by atoms with Gasteiger partial charge in [0, 0.05) is 12.6 Å². The van der Waals surface area contributed by atoms with E-state index in [0.717, 1.165) is 19.3 Å².